The second-order valence-electron chi connectivity index (χ2n) is 5.51. The molecular weight excluding hydrogens is 252 g/mol. The summed E-state index contributed by atoms with van der Waals surface area (Å²) in [4.78, 5) is 4.68. The van der Waals surface area contributed by atoms with Gasteiger partial charge in [-0.2, -0.15) is 0 Å². The van der Waals surface area contributed by atoms with Crippen LogP contribution in [0.15, 0.2) is 24.3 Å². The Morgan fingerprint density at radius 3 is 3.05 bits per heavy atom. The van der Waals surface area contributed by atoms with E-state index in [4.69, 9.17) is 4.74 Å². The molecule has 0 aliphatic carbocycles. The number of para-hydroxylation sites is 2. The molecular formula is C16H22N2O2. The molecule has 0 spiro atoms. The standard InChI is InChI=1S/C16H22N2O2/c1-2-18-14-8-4-3-7-13(14)17-16(18)10-15(19)12-6-5-9-20-11-12/h3-4,7-8,12,15,19H,2,5-6,9-11H2,1H3. The Kier molecular flexibility index (Phi) is 4.03. The summed E-state index contributed by atoms with van der Waals surface area (Å²) in [7, 11) is 0. The van der Waals surface area contributed by atoms with Crippen molar-refractivity contribution in [2.24, 2.45) is 5.92 Å². The second-order valence-corrected chi connectivity index (χ2v) is 5.51. The van der Waals surface area contributed by atoms with Gasteiger partial charge in [0.05, 0.1) is 23.7 Å². The number of aliphatic hydroxyl groups is 1. The number of aryl methyl sites for hydroxylation is 1. The van der Waals surface area contributed by atoms with Gasteiger partial charge in [-0.25, -0.2) is 4.98 Å². The highest BCUT2D eigenvalue weighted by Gasteiger charge is 2.24. The fraction of sp³-hybridized carbons (Fsp3) is 0.562. The highest BCUT2D eigenvalue weighted by Crippen LogP contribution is 2.22. The van der Waals surface area contributed by atoms with E-state index in [0.29, 0.717) is 13.0 Å². The lowest BCUT2D eigenvalue weighted by atomic mass is 9.94. The maximum Gasteiger partial charge on any atom is 0.112 e. The lowest BCUT2D eigenvalue weighted by Crippen LogP contribution is -2.31. The summed E-state index contributed by atoms with van der Waals surface area (Å²) in [5, 5.41) is 10.4. The number of benzene rings is 1. The van der Waals surface area contributed by atoms with Crippen LogP contribution in [0.4, 0.5) is 0 Å². The first-order valence-corrected chi connectivity index (χ1v) is 7.49. The van der Waals surface area contributed by atoms with Crippen LogP contribution in [-0.4, -0.2) is 34.0 Å². The summed E-state index contributed by atoms with van der Waals surface area (Å²) < 4.78 is 7.67. The molecule has 1 aliphatic heterocycles. The van der Waals surface area contributed by atoms with Crippen molar-refractivity contribution in [2.75, 3.05) is 13.2 Å². The number of hydrogen-bond donors (Lipinski definition) is 1. The van der Waals surface area contributed by atoms with Gasteiger partial charge in [0.1, 0.15) is 5.82 Å². The molecule has 0 radical (unpaired) electrons. The van der Waals surface area contributed by atoms with Gasteiger partial charge in [-0.15, -0.1) is 0 Å². The third-order valence-electron chi connectivity index (χ3n) is 4.18. The summed E-state index contributed by atoms with van der Waals surface area (Å²) in [6.07, 6.45) is 2.34. The largest absolute Gasteiger partial charge is 0.392 e. The topological polar surface area (TPSA) is 47.3 Å². The molecule has 0 bridgehead atoms. The van der Waals surface area contributed by atoms with Gasteiger partial charge < -0.3 is 14.4 Å². The number of rotatable bonds is 4. The van der Waals surface area contributed by atoms with Crippen LogP contribution in [0.1, 0.15) is 25.6 Å². The number of ether oxygens (including phenoxy) is 1. The van der Waals surface area contributed by atoms with Crippen LogP contribution in [0.2, 0.25) is 0 Å². The van der Waals surface area contributed by atoms with Gasteiger partial charge >= 0.3 is 0 Å². The summed E-state index contributed by atoms with van der Waals surface area (Å²) in [5.41, 5.74) is 2.16. The van der Waals surface area contributed by atoms with E-state index in [2.05, 4.69) is 22.5 Å². The zero-order chi connectivity index (χ0) is 13.9. The van der Waals surface area contributed by atoms with Crippen LogP contribution < -0.4 is 0 Å². The van der Waals surface area contributed by atoms with Crippen molar-refractivity contribution in [1.82, 2.24) is 9.55 Å². The van der Waals surface area contributed by atoms with Gasteiger partial charge in [-0.05, 0) is 31.9 Å². The molecule has 20 heavy (non-hydrogen) atoms. The average molecular weight is 274 g/mol. The van der Waals surface area contributed by atoms with Gasteiger partial charge in [0, 0.05) is 25.5 Å². The fourth-order valence-electron chi connectivity index (χ4n) is 3.06. The minimum Gasteiger partial charge on any atom is -0.392 e. The molecule has 3 rings (SSSR count). The number of imidazole rings is 1. The molecule has 108 valence electrons. The van der Waals surface area contributed by atoms with Crippen LogP contribution in [0.25, 0.3) is 11.0 Å². The van der Waals surface area contributed by atoms with Crippen molar-refractivity contribution in [3.8, 4) is 0 Å². The summed E-state index contributed by atoms with van der Waals surface area (Å²) in [6.45, 7) is 4.50. The van der Waals surface area contributed by atoms with E-state index >= 15 is 0 Å². The highest BCUT2D eigenvalue weighted by molar-refractivity contribution is 5.75. The van der Waals surface area contributed by atoms with E-state index in [9.17, 15) is 5.11 Å². The minimum absolute atomic E-state index is 0.244. The average Bonchev–Trinajstić information content (AvgIpc) is 2.85. The van der Waals surface area contributed by atoms with Crippen molar-refractivity contribution in [2.45, 2.75) is 38.8 Å². The first-order valence-electron chi connectivity index (χ1n) is 7.49. The molecule has 4 nitrogen and oxygen atoms in total. The van der Waals surface area contributed by atoms with Crippen LogP contribution >= 0.6 is 0 Å². The van der Waals surface area contributed by atoms with Gasteiger partial charge in [0.25, 0.3) is 0 Å². The van der Waals surface area contributed by atoms with Crippen LogP contribution in [-0.2, 0) is 17.7 Å². The first-order chi connectivity index (χ1) is 9.79. The van der Waals surface area contributed by atoms with Crippen LogP contribution in [0.5, 0.6) is 0 Å². The quantitative estimate of drug-likeness (QED) is 0.931. The molecule has 2 unspecified atom stereocenters. The molecule has 2 atom stereocenters. The zero-order valence-corrected chi connectivity index (χ0v) is 12.0. The second kappa shape index (κ2) is 5.94. The normalized spacial score (nSPS) is 21.2. The first kappa shape index (κ1) is 13.6. The van der Waals surface area contributed by atoms with Gasteiger partial charge in [0.2, 0.25) is 0 Å². The zero-order valence-electron chi connectivity index (χ0n) is 12.0. The lowest BCUT2D eigenvalue weighted by Gasteiger charge is -2.26. The molecule has 4 heteroatoms. The minimum atomic E-state index is -0.364. The maximum absolute atomic E-state index is 10.4. The monoisotopic (exact) mass is 274 g/mol. The molecule has 1 fully saturated rings. The predicted octanol–water partition coefficient (Wildman–Crippen LogP) is 2.39. The van der Waals surface area contributed by atoms with Crippen LogP contribution in [0.3, 0.4) is 0 Å². The van der Waals surface area contributed by atoms with E-state index in [1.165, 1.54) is 0 Å². The molecule has 1 aromatic heterocycles. The van der Waals surface area contributed by atoms with E-state index in [0.717, 1.165) is 42.9 Å². The lowest BCUT2D eigenvalue weighted by molar-refractivity contribution is -0.00934. The van der Waals surface area contributed by atoms with Gasteiger partial charge in [-0.1, -0.05) is 12.1 Å². The molecule has 2 aromatic rings. The third kappa shape index (κ3) is 2.58. The van der Waals surface area contributed by atoms with Crippen molar-refractivity contribution in [1.29, 1.82) is 0 Å². The summed E-state index contributed by atoms with van der Waals surface area (Å²) in [5.74, 6) is 1.22. The Hall–Kier alpha value is -1.39. The smallest absolute Gasteiger partial charge is 0.112 e. The number of aromatic nitrogens is 2. The Labute approximate surface area is 119 Å². The molecule has 1 saturated heterocycles. The predicted molar refractivity (Wildman–Crippen MR) is 78.7 cm³/mol. The molecule has 1 N–H and O–H groups in total. The van der Waals surface area contributed by atoms with E-state index in [1.807, 2.05) is 18.2 Å². The molecule has 1 aliphatic rings. The Morgan fingerprint density at radius 2 is 2.30 bits per heavy atom. The van der Waals surface area contributed by atoms with E-state index < -0.39 is 0 Å². The van der Waals surface area contributed by atoms with Crippen molar-refractivity contribution in [3.05, 3.63) is 30.1 Å². The van der Waals surface area contributed by atoms with Gasteiger partial charge in [-0.3, -0.25) is 0 Å². The van der Waals surface area contributed by atoms with Crippen molar-refractivity contribution in [3.63, 3.8) is 0 Å². The van der Waals surface area contributed by atoms with E-state index in [-0.39, 0.29) is 12.0 Å². The van der Waals surface area contributed by atoms with Crippen molar-refractivity contribution >= 4 is 11.0 Å². The maximum atomic E-state index is 10.4. The molecule has 2 heterocycles. The number of aliphatic hydroxyl groups excluding tert-OH is 1. The fourth-order valence-corrected chi connectivity index (χ4v) is 3.06. The van der Waals surface area contributed by atoms with Crippen molar-refractivity contribution < 1.29 is 9.84 Å². The number of fused-ring (bicyclic) bond motifs is 1. The Morgan fingerprint density at radius 1 is 1.45 bits per heavy atom. The summed E-state index contributed by atoms with van der Waals surface area (Å²) >= 11 is 0. The number of nitrogens with zero attached hydrogens (tertiary/aromatic N) is 2. The summed E-state index contributed by atoms with van der Waals surface area (Å²) in [6, 6.07) is 8.16. The van der Waals surface area contributed by atoms with Gasteiger partial charge in [0.15, 0.2) is 0 Å². The Bertz CT molecular complexity index is 573. The SMILES string of the molecule is CCn1c(CC(O)C2CCCOC2)nc2ccccc21. The number of hydrogen-bond acceptors (Lipinski definition) is 3. The molecule has 0 saturated carbocycles. The molecule has 1 aromatic carbocycles. The highest BCUT2D eigenvalue weighted by atomic mass is 16.5. The van der Waals surface area contributed by atoms with E-state index in [1.54, 1.807) is 0 Å². The Balaban J connectivity index is 1.82. The molecule has 0 amide bonds. The van der Waals surface area contributed by atoms with Crippen LogP contribution in [0, 0.1) is 5.92 Å². The third-order valence-corrected chi connectivity index (χ3v) is 4.18.